The monoisotopic (exact) mass is 276 g/mol. The molecule has 0 radical (unpaired) electrons. The van der Waals surface area contributed by atoms with Crippen LogP contribution in [0.25, 0.3) is 0 Å². The van der Waals surface area contributed by atoms with Gasteiger partial charge in [-0.05, 0) is 23.8 Å². The van der Waals surface area contributed by atoms with Gasteiger partial charge in [0.05, 0.1) is 27.0 Å². The average molecular weight is 276 g/mol. The number of aliphatic hydroxyl groups excluding tert-OH is 1. The second-order valence-electron chi connectivity index (χ2n) is 4.05. The predicted octanol–water partition coefficient (Wildman–Crippen LogP) is 1.58. The maximum Gasteiger partial charge on any atom is 0.233 e. The lowest BCUT2D eigenvalue weighted by Gasteiger charge is -2.13. The molecule has 0 bridgehead atoms. The molecule has 1 N–H and O–H groups in total. The third-order valence-electron chi connectivity index (χ3n) is 2.84. The molecular formula is C14H16N2O4. The Hall–Kier alpha value is -2.34. The zero-order valence-corrected chi connectivity index (χ0v) is 11.5. The smallest absolute Gasteiger partial charge is 0.233 e. The summed E-state index contributed by atoms with van der Waals surface area (Å²) in [6.07, 6.45) is -0.919. The van der Waals surface area contributed by atoms with Gasteiger partial charge in [-0.1, -0.05) is 0 Å². The lowest BCUT2D eigenvalue weighted by atomic mass is 10.1. The molecule has 1 aromatic carbocycles. The van der Waals surface area contributed by atoms with Crippen molar-refractivity contribution in [3.63, 3.8) is 0 Å². The predicted molar refractivity (Wildman–Crippen MR) is 72.2 cm³/mol. The number of nitrogens with zero attached hydrogens (tertiary/aromatic N) is 2. The molecule has 0 spiro atoms. The number of hydrogen-bond acceptors (Lipinski definition) is 6. The van der Waals surface area contributed by atoms with Gasteiger partial charge >= 0.3 is 0 Å². The summed E-state index contributed by atoms with van der Waals surface area (Å²) in [6.45, 7) is 0. The molecule has 20 heavy (non-hydrogen) atoms. The van der Waals surface area contributed by atoms with Crippen molar-refractivity contribution < 1.29 is 19.3 Å². The molecular weight excluding hydrogens is 260 g/mol. The van der Waals surface area contributed by atoms with Gasteiger partial charge in [-0.25, -0.2) is 0 Å². The third kappa shape index (κ3) is 2.97. The van der Waals surface area contributed by atoms with E-state index in [9.17, 15) is 5.11 Å². The first-order chi connectivity index (χ1) is 9.67. The van der Waals surface area contributed by atoms with Crippen molar-refractivity contribution in [2.75, 3.05) is 21.3 Å². The van der Waals surface area contributed by atoms with Crippen LogP contribution in [-0.4, -0.2) is 36.6 Å². The number of aliphatic hydroxyl groups is 1. The van der Waals surface area contributed by atoms with E-state index >= 15 is 0 Å². The van der Waals surface area contributed by atoms with Crippen LogP contribution in [0.1, 0.15) is 17.4 Å². The van der Waals surface area contributed by atoms with Crippen molar-refractivity contribution >= 4 is 0 Å². The van der Waals surface area contributed by atoms with Crippen molar-refractivity contribution in [3.05, 3.63) is 41.6 Å². The maximum absolute atomic E-state index is 10.3. The standard InChI is InChI=1S/C14H16N2O4/c1-18-10-6-9(7-11(8-10)19-2)14(17)12-4-5-13(20-3)16-15-12/h4-8,14,17H,1-3H3. The highest BCUT2D eigenvalue weighted by molar-refractivity contribution is 5.41. The van der Waals surface area contributed by atoms with Gasteiger partial charge in [0.25, 0.3) is 0 Å². The fourth-order valence-electron chi connectivity index (χ4n) is 1.74. The number of methoxy groups -OCH3 is 3. The highest BCUT2D eigenvalue weighted by atomic mass is 16.5. The zero-order valence-electron chi connectivity index (χ0n) is 11.5. The minimum Gasteiger partial charge on any atom is -0.497 e. The lowest BCUT2D eigenvalue weighted by Crippen LogP contribution is -2.05. The molecule has 2 aromatic rings. The SMILES string of the molecule is COc1cc(OC)cc(C(O)c2ccc(OC)nn2)c1. The number of ether oxygens (including phenoxy) is 3. The lowest BCUT2D eigenvalue weighted by molar-refractivity contribution is 0.212. The largest absolute Gasteiger partial charge is 0.497 e. The molecule has 0 fully saturated rings. The Morgan fingerprint density at radius 1 is 0.900 bits per heavy atom. The molecule has 2 rings (SSSR count). The second kappa shape index (κ2) is 6.21. The number of rotatable bonds is 5. The summed E-state index contributed by atoms with van der Waals surface area (Å²) in [7, 11) is 4.61. The molecule has 0 aliphatic carbocycles. The fourth-order valence-corrected chi connectivity index (χ4v) is 1.74. The summed E-state index contributed by atoms with van der Waals surface area (Å²) in [5.41, 5.74) is 1.03. The van der Waals surface area contributed by atoms with Crippen LogP contribution in [0.3, 0.4) is 0 Å². The van der Waals surface area contributed by atoms with Gasteiger partial charge in [0, 0.05) is 12.1 Å². The Morgan fingerprint density at radius 3 is 2.00 bits per heavy atom. The van der Waals surface area contributed by atoms with Crippen LogP contribution in [0.5, 0.6) is 17.4 Å². The van der Waals surface area contributed by atoms with Gasteiger partial charge in [-0.3, -0.25) is 0 Å². The average Bonchev–Trinajstić information content (AvgIpc) is 2.53. The maximum atomic E-state index is 10.3. The first kappa shape index (κ1) is 14.1. The first-order valence-corrected chi connectivity index (χ1v) is 5.96. The van der Waals surface area contributed by atoms with Crippen molar-refractivity contribution in [1.29, 1.82) is 0 Å². The van der Waals surface area contributed by atoms with Gasteiger partial charge in [-0.2, -0.15) is 0 Å². The Labute approximate surface area is 116 Å². The van der Waals surface area contributed by atoms with Crippen LogP contribution in [0, 0.1) is 0 Å². The van der Waals surface area contributed by atoms with E-state index in [1.54, 1.807) is 44.6 Å². The van der Waals surface area contributed by atoms with E-state index in [-0.39, 0.29) is 0 Å². The van der Waals surface area contributed by atoms with E-state index in [1.165, 1.54) is 7.11 Å². The Balaban J connectivity index is 2.33. The topological polar surface area (TPSA) is 73.7 Å². The van der Waals surface area contributed by atoms with Crippen LogP contribution in [0.15, 0.2) is 30.3 Å². The van der Waals surface area contributed by atoms with Crippen LogP contribution >= 0.6 is 0 Å². The van der Waals surface area contributed by atoms with Crippen LogP contribution < -0.4 is 14.2 Å². The van der Waals surface area contributed by atoms with Crippen molar-refractivity contribution in [2.45, 2.75) is 6.10 Å². The Kier molecular flexibility index (Phi) is 4.37. The van der Waals surface area contributed by atoms with Gasteiger partial charge in [0.1, 0.15) is 17.6 Å². The summed E-state index contributed by atoms with van der Waals surface area (Å²) in [5, 5.41) is 18.1. The van der Waals surface area contributed by atoms with Crippen molar-refractivity contribution in [1.82, 2.24) is 10.2 Å². The summed E-state index contributed by atoms with van der Waals surface area (Å²) in [5.74, 6) is 1.59. The van der Waals surface area contributed by atoms with E-state index in [0.717, 1.165) is 0 Å². The normalized spacial score (nSPS) is 11.8. The molecule has 6 heteroatoms. The number of benzene rings is 1. The second-order valence-corrected chi connectivity index (χ2v) is 4.05. The van der Waals surface area contributed by atoms with Gasteiger partial charge in [-0.15, -0.1) is 10.2 Å². The molecule has 1 atom stereocenters. The highest BCUT2D eigenvalue weighted by Gasteiger charge is 2.15. The highest BCUT2D eigenvalue weighted by Crippen LogP contribution is 2.29. The van der Waals surface area contributed by atoms with E-state index in [0.29, 0.717) is 28.6 Å². The molecule has 0 saturated carbocycles. The molecule has 6 nitrogen and oxygen atoms in total. The molecule has 0 aliphatic rings. The first-order valence-electron chi connectivity index (χ1n) is 5.96. The molecule has 1 aromatic heterocycles. The van der Waals surface area contributed by atoms with Crippen molar-refractivity contribution in [3.8, 4) is 17.4 Å². The van der Waals surface area contributed by atoms with Gasteiger partial charge < -0.3 is 19.3 Å². The van der Waals surface area contributed by atoms with Gasteiger partial charge in [0.15, 0.2) is 0 Å². The zero-order chi connectivity index (χ0) is 14.5. The summed E-state index contributed by atoms with van der Waals surface area (Å²) in [4.78, 5) is 0. The fraction of sp³-hybridized carbons (Fsp3) is 0.286. The molecule has 0 amide bonds. The van der Waals surface area contributed by atoms with E-state index in [1.807, 2.05) is 0 Å². The molecule has 0 saturated heterocycles. The summed E-state index contributed by atoms with van der Waals surface area (Å²) < 4.78 is 15.3. The van der Waals surface area contributed by atoms with Crippen LogP contribution in [0.2, 0.25) is 0 Å². The van der Waals surface area contributed by atoms with E-state index in [4.69, 9.17) is 14.2 Å². The molecule has 0 aliphatic heterocycles. The number of hydrogen-bond donors (Lipinski definition) is 1. The summed E-state index contributed by atoms with van der Waals surface area (Å²) >= 11 is 0. The molecule has 1 unspecified atom stereocenters. The van der Waals surface area contributed by atoms with E-state index in [2.05, 4.69) is 10.2 Å². The number of aromatic nitrogens is 2. The molecule has 1 heterocycles. The van der Waals surface area contributed by atoms with Crippen molar-refractivity contribution in [2.24, 2.45) is 0 Å². The van der Waals surface area contributed by atoms with E-state index < -0.39 is 6.10 Å². The van der Waals surface area contributed by atoms with Crippen LogP contribution in [-0.2, 0) is 0 Å². The van der Waals surface area contributed by atoms with Gasteiger partial charge in [0.2, 0.25) is 5.88 Å². The Bertz CT molecular complexity index is 550. The quantitative estimate of drug-likeness (QED) is 0.894. The molecule has 106 valence electrons. The Morgan fingerprint density at radius 2 is 1.55 bits per heavy atom. The minimum atomic E-state index is -0.919. The minimum absolute atomic E-state index is 0.393. The third-order valence-corrected chi connectivity index (χ3v) is 2.84. The van der Waals surface area contributed by atoms with Crippen LogP contribution in [0.4, 0.5) is 0 Å². The summed E-state index contributed by atoms with van der Waals surface area (Å²) in [6, 6.07) is 8.47.